The maximum atomic E-state index is 9.02. The van der Waals surface area contributed by atoms with Crippen LogP contribution in [-0.2, 0) is 15.3 Å². The van der Waals surface area contributed by atoms with Crippen molar-refractivity contribution in [2.24, 2.45) is 0 Å². The lowest BCUT2D eigenvalue weighted by atomic mass is 10.1. The second kappa shape index (κ2) is 4.41. The summed E-state index contributed by atoms with van der Waals surface area (Å²) in [4.78, 5) is 0. The molecule has 1 heterocycles. The molecule has 0 bridgehead atoms. The molecule has 1 aliphatic rings. The summed E-state index contributed by atoms with van der Waals surface area (Å²) in [5, 5.41) is 9.02. The summed E-state index contributed by atoms with van der Waals surface area (Å²) in [5.41, 5.74) is 0.891. The van der Waals surface area contributed by atoms with E-state index in [1.807, 2.05) is 31.2 Å². The summed E-state index contributed by atoms with van der Waals surface area (Å²) >= 11 is 0. The molecule has 2 atom stereocenters. The third-order valence-corrected chi connectivity index (χ3v) is 2.73. The Hall–Kier alpha value is -1.10. The lowest BCUT2D eigenvalue weighted by Crippen LogP contribution is -2.24. The van der Waals surface area contributed by atoms with Crippen LogP contribution >= 0.6 is 0 Å². The fourth-order valence-electron chi connectivity index (χ4n) is 1.78. The molecule has 2 rings (SSSR count). The molecule has 1 N–H and O–H groups in total. The summed E-state index contributed by atoms with van der Waals surface area (Å²) in [5.74, 6) is -0.0274. The Morgan fingerprint density at radius 2 is 2.38 bits per heavy atom. The van der Waals surface area contributed by atoms with E-state index in [1.54, 1.807) is 7.11 Å². The monoisotopic (exact) mass is 224 g/mol. The normalized spacial score (nSPS) is 29.3. The lowest BCUT2D eigenvalue weighted by Gasteiger charge is -2.23. The van der Waals surface area contributed by atoms with E-state index in [9.17, 15) is 0 Å². The fourth-order valence-corrected chi connectivity index (χ4v) is 1.78. The highest BCUT2D eigenvalue weighted by molar-refractivity contribution is 5.31. The lowest BCUT2D eigenvalue weighted by molar-refractivity contribution is -0.165. The van der Waals surface area contributed by atoms with Crippen LogP contribution in [0.15, 0.2) is 24.3 Å². The van der Waals surface area contributed by atoms with Gasteiger partial charge in [-0.05, 0) is 19.1 Å². The average molecular weight is 224 g/mol. The third kappa shape index (κ3) is 2.04. The number of aliphatic hydroxyl groups is 1. The second-order valence-corrected chi connectivity index (χ2v) is 3.91. The predicted molar refractivity (Wildman–Crippen MR) is 58.3 cm³/mol. The van der Waals surface area contributed by atoms with Gasteiger partial charge in [-0.3, -0.25) is 0 Å². The Bertz CT molecular complexity index is 366. The average Bonchev–Trinajstić information content (AvgIpc) is 2.73. The maximum Gasteiger partial charge on any atom is 0.192 e. The van der Waals surface area contributed by atoms with E-state index in [0.29, 0.717) is 6.61 Å². The first-order valence-corrected chi connectivity index (χ1v) is 5.25. The van der Waals surface area contributed by atoms with Gasteiger partial charge in [-0.1, -0.05) is 12.1 Å². The van der Waals surface area contributed by atoms with Crippen molar-refractivity contribution < 1.29 is 19.3 Å². The Labute approximate surface area is 94.8 Å². The quantitative estimate of drug-likeness (QED) is 0.840. The van der Waals surface area contributed by atoms with Gasteiger partial charge in [0.15, 0.2) is 5.79 Å². The summed E-state index contributed by atoms with van der Waals surface area (Å²) in [6, 6.07) is 7.55. The minimum absolute atomic E-state index is 0.0282. The molecule has 1 aliphatic heterocycles. The van der Waals surface area contributed by atoms with Gasteiger partial charge < -0.3 is 19.3 Å². The van der Waals surface area contributed by atoms with Crippen LogP contribution in [0.25, 0.3) is 0 Å². The van der Waals surface area contributed by atoms with Crippen molar-refractivity contribution in [3.63, 3.8) is 0 Å². The minimum atomic E-state index is -0.790. The highest BCUT2D eigenvalue weighted by Crippen LogP contribution is 2.34. The van der Waals surface area contributed by atoms with Crippen LogP contribution in [0.3, 0.4) is 0 Å². The highest BCUT2D eigenvalue weighted by Gasteiger charge is 2.38. The van der Waals surface area contributed by atoms with Gasteiger partial charge in [0, 0.05) is 5.56 Å². The van der Waals surface area contributed by atoms with Crippen LogP contribution in [0.5, 0.6) is 5.75 Å². The van der Waals surface area contributed by atoms with E-state index in [1.165, 1.54) is 0 Å². The van der Waals surface area contributed by atoms with Crippen molar-refractivity contribution in [3.05, 3.63) is 29.8 Å². The van der Waals surface area contributed by atoms with Crippen molar-refractivity contribution in [1.29, 1.82) is 0 Å². The van der Waals surface area contributed by atoms with Crippen molar-refractivity contribution in [3.8, 4) is 5.75 Å². The molecular formula is C12H16O4. The molecule has 4 nitrogen and oxygen atoms in total. The Morgan fingerprint density at radius 3 is 3.00 bits per heavy atom. The molecule has 16 heavy (non-hydrogen) atoms. The number of ether oxygens (including phenoxy) is 3. The molecular weight excluding hydrogens is 208 g/mol. The van der Waals surface area contributed by atoms with E-state index >= 15 is 0 Å². The van der Waals surface area contributed by atoms with Crippen molar-refractivity contribution in [2.75, 3.05) is 20.3 Å². The van der Waals surface area contributed by atoms with E-state index < -0.39 is 5.79 Å². The van der Waals surface area contributed by atoms with Gasteiger partial charge in [0.25, 0.3) is 0 Å². The molecule has 88 valence electrons. The highest BCUT2D eigenvalue weighted by atomic mass is 16.7. The van der Waals surface area contributed by atoms with Gasteiger partial charge in [-0.2, -0.15) is 0 Å². The van der Waals surface area contributed by atoms with Crippen LogP contribution in [0.2, 0.25) is 0 Å². The van der Waals surface area contributed by atoms with Crippen LogP contribution in [-0.4, -0.2) is 31.5 Å². The first-order chi connectivity index (χ1) is 7.68. The molecule has 1 aromatic rings. The van der Waals surface area contributed by atoms with Crippen molar-refractivity contribution in [1.82, 2.24) is 0 Å². The molecule has 1 saturated heterocycles. The smallest absolute Gasteiger partial charge is 0.192 e. The first-order valence-electron chi connectivity index (χ1n) is 5.25. The van der Waals surface area contributed by atoms with Crippen LogP contribution < -0.4 is 4.74 Å². The molecule has 0 aliphatic carbocycles. The zero-order chi connectivity index (χ0) is 11.6. The zero-order valence-corrected chi connectivity index (χ0v) is 9.47. The number of hydrogen-bond donors (Lipinski definition) is 1. The zero-order valence-electron chi connectivity index (χ0n) is 9.47. The number of aliphatic hydroxyl groups excluding tert-OH is 1. The van der Waals surface area contributed by atoms with Crippen LogP contribution in [0, 0.1) is 0 Å². The van der Waals surface area contributed by atoms with Gasteiger partial charge in [-0.15, -0.1) is 0 Å². The minimum Gasteiger partial charge on any atom is -0.497 e. The Balaban J connectivity index is 2.22. The molecule has 1 fully saturated rings. The molecule has 4 heteroatoms. The van der Waals surface area contributed by atoms with E-state index in [-0.39, 0.29) is 12.7 Å². The number of methoxy groups -OCH3 is 1. The van der Waals surface area contributed by atoms with Crippen LogP contribution in [0.4, 0.5) is 0 Å². The molecule has 0 saturated carbocycles. The van der Waals surface area contributed by atoms with Gasteiger partial charge in [0.2, 0.25) is 0 Å². The largest absolute Gasteiger partial charge is 0.497 e. The topological polar surface area (TPSA) is 47.9 Å². The van der Waals surface area contributed by atoms with Crippen molar-refractivity contribution in [2.45, 2.75) is 18.8 Å². The third-order valence-electron chi connectivity index (χ3n) is 2.73. The summed E-state index contributed by atoms with van der Waals surface area (Å²) < 4.78 is 16.4. The van der Waals surface area contributed by atoms with Gasteiger partial charge in [-0.25, -0.2) is 0 Å². The Morgan fingerprint density at radius 1 is 1.56 bits per heavy atom. The van der Waals surface area contributed by atoms with E-state index in [2.05, 4.69) is 0 Å². The van der Waals surface area contributed by atoms with E-state index in [4.69, 9.17) is 19.3 Å². The van der Waals surface area contributed by atoms with Gasteiger partial charge in [0.05, 0.1) is 20.3 Å². The maximum absolute atomic E-state index is 9.02. The molecule has 2 unspecified atom stereocenters. The molecule has 1 aromatic carbocycles. The van der Waals surface area contributed by atoms with Gasteiger partial charge in [0.1, 0.15) is 11.9 Å². The van der Waals surface area contributed by atoms with Crippen molar-refractivity contribution >= 4 is 0 Å². The standard InChI is InChI=1S/C12H16O4/c1-12(15-8-11(7-13)16-12)9-4-3-5-10(6-9)14-2/h3-6,11,13H,7-8H2,1-2H3. The molecule has 0 radical (unpaired) electrons. The predicted octanol–water partition coefficient (Wildman–Crippen LogP) is 1.28. The number of benzene rings is 1. The summed E-state index contributed by atoms with van der Waals surface area (Å²) in [6.07, 6.45) is -0.254. The van der Waals surface area contributed by atoms with E-state index in [0.717, 1.165) is 11.3 Å². The number of rotatable bonds is 3. The SMILES string of the molecule is COc1cccc(C2(C)OCC(CO)O2)c1. The van der Waals surface area contributed by atoms with Gasteiger partial charge >= 0.3 is 0 Å². The fraction of sp³-hybridized carbons (Fsp3) is 0.500. The Kier molecular flexibility index (Phi) is 3.14. The summed E-state index contributed by atoms with van der Waals surface area (Å²) in [6.45, 7) is 2.22. The molecule has 0 aromatic heterocycles. The molecule has 0 spiro atoms. The number of hydrogen-bond acceptors (Lipinski definition) is 4. The summed E-state index contributed by atoms with van der Waals surface area (Å²) in [7, 11) is 1.62. The molecule has 0 amide bonds. The first kappa shape index (κ1) is 11.4. The van der Waals surface area contributed by atoms with Crippen LogP contribution in [0.1, 0.15) is 12.5 Å². The second-order valence-electron chi connectivity index (χ2n) is 3.91.